The summed E-state index contributed by atoms with van der Waals surface area (Å²) in [6.45, 7) is 3.50. The molecule has 3 rings (SSSR count). The second-order valence-corrected chi connectivity index (χ2v) is 7.22. The van der Waals surface area contributed by atoms with Crippen molar-refractivity contribution in [2.75, 3.05) is 38.2 Å². The lowest BCUT2D eigenvalue weighted by Gasteiger charge is -2.32. The Kier molecular flexibility index (Phi) is 4.77. The summed E-state index contributed by atoms with van der Waals surface area (Å²) in [5.41, 5.74) is 0.696. The number of carbonyl (C=O) groups excluding carboxylic acids is 3. The number of hydrogen-bond donors (Lipinski definition) is 2. The molecule has 2 heterocycles. The van der Waals surface area contributed by atoms with Crippen molar-refractivity contribution in [2.45, 2.75) is 16.6 Å². The van der Waals surface area contributed by atoms with E-state index in [0.717, 1.165) is 4.90 Å². The predicted octanol–water partition coefficient (Wildman–Crippen LogP) is 0.464. The zero-order valence-electron chi connectivity index (χ0n) is 13.3. The van der Waals surface area contributed by atoms with E-state index in [9.17, 15) is 14.4 Å². The normalized spacial score (nSPS) is 23.2. The van der Waals surface area contributed by atoms with Crippen molar-refractivity contribution in [2.24, 2.45) is 0 Å². The van der Waals surface area contributed by atoms with Crippen molar-refractivity contribution >= 4 is 35.2 Å². The second kappa shape index (κ2) is 6.82. The lowest BCUT2D eigenvalue weighted by atomic mass is 10.1. The largest absolute Gasteiger partial charge is 0.378 e. The molecule has 1 aromatic carbocycles. The van der Waals surface area contributed by atoms with Gasteiger partial charge in [0.15, 0.2) is 4.75 Å². The lowest BCUT2D eigenvalue weighted by Crippen LogP contribution is -2.54. The van der Waals surface area contributed by atoms with E-state index in [2.05, 4.69) is 10.6 Å². The van der Waals surface area contributed by atoms with E-state index in [-0.39, 0.29) is 18.4 Å². The third-order valence-electron chi connectivity index (χ3n) is 4.08. The van der Waals surface area contributed by atoms with Gasteiger partial charge in [-0.15, -0.1) is 0 Å². The van der Waals surface area contributed by atoms with Crippen molar-refractivity contribution in [1.82, 2.24) is 10.2 Å². The van der Waals surface area contributed by atoms with Gasteiger partial charge in [-0.3, -0.25) is 14.4 Å². The van der Waals surface area contributed by atoms with Crippen LogP contribution in [0.4, 0.5) is 5.69 Å². The Hall–Kier alpha value is -2.06. The molecule has 128 valence electrons. The number of benzene rings is 1. The first-order valence-electron chi connectivity index (χ1n) is 7.74. The third-order valence-corrected chi connectivity index (χ3v) is 5.43. The second-order valence-electron chi connectivity index (χ2n) is 5.76. The number of morpholine rings is 1. The van der Waals surface area contributed by atoms with E-state index in [1.165, 1.54) is 11.8 Å². The van der Waals surface area contributed by atoms with E-state index in [1.54, 1.807) is 17.9 Å². The number of fused-ring (bicyclic) bond motifs is 1. The first-order chi connectivity index (χ1) is 11.5. The fourth-order valence-corrected chi connectivity index (χ4v) is 3.69. The maximum Gasteiger partial charge on any atom is 0.250 e. The molecule has 1 aromatic rings. The van der Waals surface area contributed by atoms with Crippen LogP contribution in [0, 0.1) is 0 Å². The molecule has 1 saturated heterocycles. The fraction of sp³-hybridized carbons (Fsp3) is 0.438. The Morgan fingerprint density at radius 3 is 2.79 bits per heavy atom. The summed E-state index contributed by atoms with van der Waals surface area (Å²) in [6, 6.07) is 7.32. The molecular weight excluding hydrogens is 330 g/mol. The highest BCUT2D eigenvalue weighted by Crippen LogP contribution is 2.42. The van der Waals surface area contributed by atoms with Gasteiger partial charge in [-0.25, -0.2) is 0 Å². The van der Waals surface area contributed by atoms with Gasteiger partial charge in [-0.1, -0.05) is 23.9 Å². The molecule has 1 atom stereocenters. The van der Waals surface area contributed by atoms with Crippen LogP contribution in [0.1, 0.15) is 6.92 Å². The molecular formula is C16H19N3O4S. The molecule has 0 radical (unpaired) electrons. The highest BCUT2D eigenvalue weighted by molar-refractivity contribution is 8.02. The summed E-state index contributed by atoms with van der Waals surface area (Å²) in [6.07, 6.45) is 0. The SMILES string of the molecule is C[C@@]1(C(=O)NCC(=O)N2CCOCC2)Sc2ccccc2NC1=O. The van der Waals surface area contributed by atoms with Crippen LogP contribution in [-0.2, 0) is 19.1 Å². The van der Waals surface area contributed by atoms with Crippen LogP contribution in [0.15, 0.2) is 29.2 Å². The van der Waals surface area contributed by atoms with E-state index in [4.69, 9.17) is 4.74 Å². The summed E-state index contributed by atoms with van der Waals surface area (Å²) < 4.78 is 3.89. The first kappa shape index (κ1) is 16.8. The highest BCUT2D eigenvalue weighted by Gasteiger charge is 2.45. The van der Waals surface area contributed by atoms with E-state index in [0.29, 0.717) is 32.0 Å². The van der Waals surface area contributed by atoms with Crippen LogP contribution in [0.3, 0.4) is 0 Å². The number of rotatable bonds is 3. The number of ether oxygens (including phenoxy) is 1. The Balaban J connectivity index is 1.63. The van der Waals surface area contributed by atoms with Gasteiger partial charge in [0, 0.05) is 18.0 Å². The zero-order chi connectivity index (χ0) is 17.2. The molecule has 0 unspecified atom stereocenters. The molecule has 1 fully saturated rings. The van der Waals surface area contributed by atoms with Gasteiger partial charge in [0.05, 0.1) is 25.4 Å². The van der Waals surface area contributed by atoms with Gasteiger partial charge in [0.2, 0.25) is 17.7 Å². The average Bonchev–Trinajstić information content (AvgIpc) is 2.61. The fourth-order valence-electron chi connectivity index (χ4n) is 2.57. The summed E-state index contributed by atoms with van der Waals surface area (Å²) in [5, 5.41) is 5.35. The van der Waals surface area contributed by atoms with E-state index in [1.807, 2.05) is 18.2 Å². The van der Waals surface area contributed by atoms with Crippen molar-refractivity contribution < 1.29 is 19.1 Å². The zero-order valence-corrected chi connectivity index (χ0v) is 14.1. The van der Waals surface area contributed by atoms with Crippen LogP contribution in [0.2, 0.25) is 0 Å². The lowest BCUT2D eigenvalue weighted by molar-refractivity contribution is -0.137. The molecule has 0 saturated carbocycles. The minimum absolute atomic E-state index is 0.121. The van der Waals surface area contributed by atoms with Crippen LogP contribution in [-0.4, -0.2) is 60.2 Å². The number of carbonyl (C=O) groups is 3. The number of nitrogens with one attached hydrogen (secondary N) is 2. The van der Waals surface area contributed by atoms with E-state index >= 15 is 0 Å². The van der Waals surface area contributed by atoms with Crippen molar-refractivity contribution in [1.29, 1.82) is 0 Å². The van der Waals surface area contributed by atoms with Gasteiger partial charge in [-0.05, 0) is 19.1 Å². The first-order valence-corrected chi connectivity index (χ1v) is 8.55. The summed E-state index contributed by atoms with van der Waals surface area (Å²) in [7, 11) is 0. The van der Waals surface area contributed by atoms with Crippen molar-refractivity contribution in [3.63, 3.8) is 0 Å². The summed E-state index contributed by atoms with van der Waals surface area (Å²) in [5.74, 6) is -1.03. The average molecular weight is 349 g/mol. The van der Waals surface area contributed by atoms with E-state index < -0.39 is 10.7 Å². The van der Waals surface area contributed by atoms with Crippen LogP contribution in [0.5, 0.6) is 0 Å². The predicted molar refractivity (Wildman–Crippen MR) is 89.7 cm³/mol. The maximum absolute atomic E-state index is 12.5. The summed E-state index contributed by atoms with van der Waals surface area (Å²) in [4.78, 5) is 39.5. The van der Waals surface area contributed by atoms with Crippen molar-refractivity contribution in [3.05, 3.63) is 24.3 Å². The Morgan fingerprint density at radius 2 is 2.04 bits per heavy atom. The van der Waals surface area contributed by atoms with Crippen molar-refractivity contribution in [3.8, 4) is 0 Å². The van der Waals surface area contributed by atoms with Gasteiger partial charge in [-0.2, -0.15) is 0 Å². The molecule has 2 aliphatic heterocycles. The van der Waals surface area contributed by atoms with Crippen LogP contribution < -0.4 is 10.6 Å². The Labute approximate surface area is 144 Å². The molecule has 0 spiro atoms. The Bertz CT molecular complexity index is 675. The molecule has 3 amide bonds. The van der Waals surface area contributed by atoms with Crippen LogP contribution >= 0.6 is 11.8 Å². The maximum atomic E-state index is 12.5. The number of nitrogens with zero attached hydrogens (tertiary/aromatic N) is 1. The minimum Gasteiger partial charge on any atom is -0.378 e. The molecule has 2 N–H and O–H groups in total. The third kappa shape index (κ3) is 3.25. The quantitative estimate of drug-likeness (QED) is 0.775. The monoisotopic (exact) mass is 349 g/mol. The number of hydrogen-bond acceptors (Lipinski definition) is 5. The summed E-state index contributed by atoms with van der Waals surface area (Å²) >= 11 is 1.19. The molecule has 2 aliphatic rings. The smallest absolute Gasteiger partial charge is 0.250 e. The Morgan fingerprint density at radius 1 is 1.33 bits per heavy atom. The number of para-hydroxylation sites is 1. The molecule has 0 aromatic heterocycles. The van der Waals surface area contributed by atoms with Gasteiger partial charge in [0.1, 0.15) is 0 Å². The number of thioether (sulfide) groups is 1. The standard InChI is InChI=1S/C16H19N3O4S/c1-16(15(22)18-11-4-2-3-5-12(11)24-16)14(21)17-10-13(20)19-6-8-23-9-7-19/h2-5H,6-10H2,1H3,(H,17,21)(H,18,22)/t16-/m0/s1. The number of anilines is 1. The molecule has 24 heavy (non-hydrogen) atoms. The molecule has 8 heteroatoms. The molecule has 0 aliphatic carbocycles. The van der Waals surface area contributed by atoms with Crippen LogP contribution in [0.25, 0.3) is 0 Å². The van der Waals surface area contributed by atoms with Gasteiger partial charge >= 0.3 is 0 Å². The van der Waals surface area contributed by atoms with Gasteiger partial charge < -0.3 is 20.3 Å². The molecule has 7 nitrogen and oxygen atoms in total. The molecule has 0 bridgehead atoms. The number of amides is 3. The minimum atomic E-state index is -1.31. The van der Waals surface area contributed by atoms with Gasteiger partial charge in [0.25, 0.3) is 0 Å². The highest BCUT2D eigenvalue weighted by atomic mass is 32.2. The topological polar surface area (TPSA) is 87.7 Å².